The third-order valence-electron chi connectivity index (χ3n) is 20.0. The van der Waals surface area contributed by atoms with Gasteiger partial charge in [-0.1, -0.05) is 407 Å². The van der Waals surface area contributed by atoms with Crippen molar-refractivity contribution in [1.82, 2.24) is 0 Å². The van der Waals surface area contributed by atoms with Crippen LogP contribution in [0.5, 0.6) is 0 Å². The topological polar surface area (TPSA) is 237 Å². The zero-order valence-electron chi connectivity index (χ0n) is 68.2. The molecular formula is C85H166O17P2. The molecule has 19 heteroatoms. The van der Waals surface area contributed by atoms with Gasteiger partial charge in [-0.15, -0.1) is 0 Å². The van der Waals surface area contributed by atoms with E-state index in [1.807, 2.05) is 0 Å². The van der Waals surface area contributed by atoms with Gasteiger partial charge in [0.05, 0.1) is 26.4 Å². The van der Waals surface area contributed by atoms with E-state index in [0.29, 0.717) is 25.7 Å². The van der Waals surface area contributed by atoms with Crippen molar-refractivity contribution in [3.05, 3.63) is 0 Å². The van der Waals surface area contributed by atoms with Crippen LogP contribution in [0.1, 0.15) is 458 Å². The molecule has 618 valence electrons. The number of aliphatic hydroxyl groups excluding tert-OH is 1. The number of phosphoric ester groups is 2. The summed E-state index contributed by atoms with van der Waals surface area (Å²) in [5.41, 5.74) is 0. The van der Waals surface area contributed by atoms with Gasteiger partial charge in [-0.3, -0.25) is 37.3 Å². The number of unbranched alkanes of at least 4 members (excludes halogenated alkanes) is 57. The molecule has 0 bridgehead atoms. The molecule has 0 spiro atoms. The summed E-state index contributed by atoms with van der Waals surface area (Å²) < 4.78 is 68.8. The number of ether oxygens (including phenoxy) is 4. The molecule has 0 aromatic rings. The summed E-state index contributed by atoms with van der Waals surface area (Å²) in [7, 11) is -9.92. The van der Waals surface area contributed by atoms with Crippen molar-refractivity contribution in [2.45, 2.75) is 477 Å². The molecule has 104 heavy (non-hydrogen) atoms. The van der Waals surface area contributed by atoms with Gasteiger partial charge in [-0.2, -0.15) is 0 Å². The van der Waals surface area contributed by atoms with E-state index in [1.54, 1.807) is 0 Å². The van der Waals surface area contributed by atoms with Crippen LogP contribution in [-0.4, -0.2) is 96.7 Å². The Labute approximate surface area is 638 Å². The first-order valence-electron chi connectivity index (χ1n) is 44.1. The van der Waals surface area contributed by atoms with Crippen molar-refractivity contribution in [3.63, 3.8) is 0 Å². The Balaban J connectivity index is 5.18. The van der Waals surface area contributed by atoms with Gasteiger partial charge in [0, 0.05) is 25.7 Å². The van der Waals surface area contributed by atoms with Crippen LogP contribution in [0.3, 0.4) is 0 Å². The number of hydrogen-bond donors (Lipinski definition) is 3. The lowest BCUT2D eigenvalue weighted by molar-refractivity contribution is -0.161. The van der Waals surface area contributed by atoms with Gasteiger partial charge in [0.1, 0.15) is 19.3 Å². The second-order valence-electron chi connectivity index (χ2n) is 31.1. The van der Waals surface area contributed by atoms with Crippen molar-refractivity contribution >= 4 is 39.5 Å². The smallest absolute Gasteiger partial charge is 0.462 e. The molecule has 2 unspecified atom stereocenters. The molecule has 0 heterocycles. The third kappa shape index (κ3) is 78.2. The molecule has 0 aliphatic carbocycles. The van der Waals surface area contributed by atoms with Crippen molar-refractivity contribution in [2.75, 3.05) is 39.6 Å². The van der Waals surface area contributed by atoms with Crippen LogP contribution in [0.15, 0.2) is 0 Å². The molecule has 0 fully saturated rings. The van der Waals surface area contributed by atoms with Crippen molar-refractivity contribution in [3.8, 4) is 0 Å². The molecule has 0 amide bonds. The quantitative estimate of drug-likeness (QED) is 0.0222. The zero-order valence-corrected chi connectivity index (χ0v) is 70.0. The van der Waals surface area contributed by atoms with Crippen LogP contribution in [0.4, 0.5) is 0 Å². The Morgan fingerprint density at radius 1 is 0.260 bits per heavy atom. The highest BCUT2D eigenvalue weighted by Crippen LogP contribution is 2.45. The average molecular weight is 1520 g/mol. The minimum absolute atomic E-state index is 0.106. The van der Waals surface area contributed by atoms with Crippen LogP contribution in [0, 0.1) is 5.92 Å². The van der Waals surface area contributed by atoms with Crippen molar-refractivity contribution in [2.24, 2.45) is 5.92 Å². The minimum atomic E-state index is -4.96. The molecule has 3 N–H and O–H groups in total. The summed E-state index contributed by atoms with van der Waals surface area (Å²) in [5.74, 6) is -1.35. The predicted octanol–water partition coefficient (Wildman–Crippen LogP) is 26.0. The Bertz CT molecular complexity index is 1980. The molecule has 0 rings (SSSR count). The predicted molar refractivity (Wildman–Crippen MR) is 428 cm³/mol. The van der Waals surface area contributed by atoms with Crippen LogP contribution in [-0.2, 0) is 65.4 Å². The fourth-order valence-corrected chi connectivity index (χ4v) is 14.9. The normalized spacial score (nSPS) is 13.8. The molecule has 0 saturated carbocycles. The molecule has 0 aromatic heterocycles. The summed E-state index contributed by atoms with van der Waals surface area (Å²) in [4.78, 5) is 73.1. The van der Waals surface area contributed by atoms with Gasteiger partial charge in [0.15, 0.2) is 12.2 Å². The Hall–Kier alpha value is -1.94. The van der Waals surface area contributed by atoms with Gasteiger partial charge in [-0.05, 0) is 31.6 Å². The van der Waals surface area contributed by atoms with Crippen molar-refractivity contribution in [1.29, 1.82) is 0 Å². The first kappa shape index (κ1) is 102. The Morgan fingerprint density at radius 3 is 0.654 bits per heavy atom. The maximum atomic E-state index is 13.1. The number of phosphoric acid groups is 2. The Morgan fingerprint density at radius 2 is 0.442 bits per heavy atom. The van der Waals surface area contributed by atoms with Crippen LogP contribution < -0.4 is 0 Å². The zero-order chi connectivity index (χ0) is 76.2. The van der Waals surface area contributed by atoms with Gasteiger partial charge >= 0.3 is 39.5 Å². The van der Waals surface area contributed by atoms with Gasteiger partial charge < -0.3 is 33.8 Å². The van der Waals surface area contributed by atoms with E-state index in [0.717, 1.165) is 95.8 Å². The molecular weight excluding hydrogens is 1350 g/mol. The van der Waals surface area contributed by atoms with E-state index in [2.05, 4.69) is 34.6 Å². The minimum Gasteiger partial charge on any atom is -0.462 e. The number of esters is 4. The lowest BCUT2D eigenvalue weighted by atomic mass is 10.0. The highest BCUT2D eigenvalue weighted by molar-refractivity contribution is 7.47. The van der Waals surface area contributed by atoms with Gasteiger partial charge in [0.2, 0.25) is 0 Å². The number of hydrogen-bond acceptors (Lipinski definition) is 15. The van der Waals surface area contributed by atoms with E-state index in [-0.39, 0.29) is 25.7 Å². The molecule has 17 nitrogen and oxygen atoms in total. The van der Waals surface area contributed by atoms with E-state index >= 15 is 0 Å². The highest BCUT2D eigenvalue weighted by Gasteiger charge is 2.30. The fourth-order valence-electron chi connectivity index (χ4n) is 13.3. The largest absolute Gasteiger partial charge is 0.472 e. The van der Waals surface area contributed by atoms with Gasteiger partial charge in [0.25, 0.3) is 0 Å². The molecule has 0 aliphatic rings. The van der Waals surface area contributed by atoms with Gasteiger partial charge in [-0.25, -0.2) is 9.13 Å². The summed E-state index contributed by atoms with van der Waals surface area (Å²) in [5, 5.41) is 10.7. The molecule has 0 aliphatic heterocycles. The standard InChI is InChI=1S/C85H166O17P2/c1-6-9-12-15-18-21-23-25-27-29-31-33-35-37-39-41-43-49-54-59-64-69-83(88)96-75-81(101-84(89)70-65-60-55-50-44-42-40-38-36-34-32-30-28-26-24-22-19-16-13-10-7-2)77-100-104(93,94)98-73-79(86)72-97-103(91,92)99-76-80(74-95-82(87)68-63-58-53-47-20-17-14-11-8-3)102-85(90)71-66-61-56-51-46-45-48-52-57-62-67-78(4)5/h78-81,86H,6-77H2,1-5H3,(H,91,92)(H,93,94)/t79-,80+,81+/m0/s1. The second-order valence-corrected chi connectivity index (χ2v) is 34.0. The maximum Gasteiger partial charge on any atom is 0.472 e. The lowest BCUT2D eigenvalue weighted by Gasteiger charge is -2.21. The third-order valence-corrected chi connectivity index (χ3v) is 21.9. The van der Waals surface area contributed by atoms with E-state index in [1.165, 1.54) is 283 Å². The number of aliphatic hydroxyl groups is 1. The van der Waals surface area contributed by atoms with Crippen molar-refractivity contribution < 1.29 is 80.2 Å². The fraction of sp³-hybridized carbons (Fsp3) is 0.953. The van der Waals surface area contributed by atoms with E-state index in [9.17, 15) is 43.2 Å². The van der Waals surface area contributed by atoms with E-state index < -0.39 is 97.5 Å². The highest BCUT2D eigenvalue weighted by atomic mass is 31.2. The van der Waals surface area contributed by atoms with Crippen LogP contribution in [0.25, 0.3) is 0 Å². The SMILES string of the molecule is CCCCCCCCCCCCCCCCCCCCCCCC(=O)OC[C@H](COP(=O)(O)OC[C@@H](O)COP(=O)(O)OC[C@@H](COC(=O)CCCCCCCCCCC)OC(=O)CCCCCCCCCCCCC(C)C)OC(=O)CCCCCCCCCCCCCCCCCCCCCCC. The molecule has 5 atom stereocenters. The summed E-state index contributed by atoms with van der Waals surface area (Å²) in [6, 6.07) is 0. The molecule has 0 radical (unpaired) electrons. The first-order chi connectivity index (χ1) is 50.5. The average Bonchev–Trinajstić information content (AvgIpc) is 0.920. The maximum absolute atomic E-state index is 13.1. The Kier molecular flexibility index (Phi) is 76.3. The number of carbonyl (C=O) groups excluding carboxylic acids is 4. The number of carbonyl (C=O) groups is 4. The van der Waals surface area contributed by atoms with Crippen LogP contribution in [0.2, 0.25) is 0 Å². The first-order valence-corrected chi connectivity index (χ1v) is 47.1. The molecule has 0 saturated heterocycles. The summed E-state index contributed by atoms with van der Waals surface area (Å²) in [6.45, 7) is 7.32. The van der Waals surface area contributed by atoms with Crippen LogP contribution >= 0.6 is 15.6 Å². The summed E-state index contributed by atoms with van der Waals surface area (Å²) in [6.07, 6.45) is 71.1. The number of rotatable bonds is 85. The lowest BCUT2D eigenvalue weighted by Crippen LogP contribution is -2.30. The second kappa shape index (κ2) is 77.8. The van der Waals surface area contributed by atoms with E-state index in [4.69, 9.17) is 37.0 Å². The summed E-state index contributed by atoms with van der Waals surface area (Å²) >= 11 is 0. The molecule has 0 aromatic carbocycles. The monoisotopic (exact) mass is 1520 g/mol.